The molecular formula is C22H17NO2S. The lowest BCUT2D eigenvalue weighted by Crippen LogP contribution is -2.05. The van der Waals surface area contributed by atoms with Gasteiger partial charge >= 0.3 is 0 Å². The van der Waals surface area contributed by atoms with E-state index in [4.69, 9.17) is 0 Å². The summed E-state index contributed by atoms with van der Waals surface area (Å²) >= 11 is 1.55. The van der Waals surface area contributed by atoms with Crippen molar-refractivity contribution in [1.82, 2.24) is 4.98 Å². The highest BCUT2D eigenvalue weighted by molar-refractivity contribution is 7.21. The molecule has 0 atom stereocenters. The molecule has 0 unspecified atom stereocenters. The van der Waals surface area contributed by atoms with Crippen molar-refractivity contribution in [3.8, 4) is 16.3 Å². The Bertz CT molecular complexity index is 1080. The van der Waals surface area contributed by atoms with E-state index >= 15 is 0 Å². The van der Waals surface area contributed by atoms with Crippen LogP contribution in [-0.2, 0) is 6.42 Å². The van der Waals surface area contributed by atoms with Crippen LogP contribution in [0.5, 0.6) is 5.75 Å². The molecule has 4 heteroatoms. The number of fused-ring (bicyclic) bond motifs is 1. The summed E-state index contributed by atoms with van der Waals surface area (Å²) in [5.74, 6) is 0.203. The van der Waals surface area contributed by atoms with Crippen molar-refractivity contribution in [3.63, 3.8) is 0 Å². The zero-order valence-corrected chi connectivity index (χ0v) is 15.1. The summed E-state index contributed by atoms with van der Waals surface area (Å²) < 4.78 is 1.08. The number of aromatic nitrogens is 1. The van der Waals surface area contributed by atoms with Gasteiger partial charge in [0, 0.05) is 12.0 Å². The average Bonchev–Trinajstić information content (AvgIpc) is 3.06. The predicted octanol–water partition coefficient (Wildman–Crippen LogP) is 5.40. The number of para-hydroxylation sites is 1. The van der Waals surface area contributed by atoms with Gasteiger partial charge in [-0.05, 0) is 42.3 Å². The van der Waals surface area contributed by atoms with Gasteiger partial charge in [0.1, 0.15) is 10.8 Å². The van der Waals surface area contributed by atoms with E-state index in [1.165, 1.54) is 0 Å². The summed E-state index contributed by atoms with van der Waals surface area (Å²) in [7, 11) is 0. The molecule has 0 fully saturated rings. The van der Waals surface area contributed by atoms with Gasteiger partial charge < -0.3 is 5.11 Å². The third kappa shape index (κ3) is 3.11. The molecule has 4 aromatic rings. The van der Waals surface area contributed by atoms with E-state index in [9.17, 15) is 9.90 Å². The predicted molar refractivity (Wildman–Crippen MR) is 106 cm³/mol. The number of carbonyl (C=O) groups excluding carboxylic acids is 1. The summed E-state index contributed by atoms with van der Waals surface area (Å²) in [4.78, 5) is 17.1. The molecule has 128 valence electrons. The smallest absolute Gasteiger partial charge is 0.167 e. The van der Waals surface area contributed by atoms with Gasteiger partial charge in [-0.15, -0.1) is 11.3 Å². The SMILES string of the molecule is Cc1ccccc1C(=O)Cc1ccc(-c2nc3ccccc3s2)c(O)c1. The van der Waals surface area contributed by atoms with Crippen LogP contribution in [0.3, 0.4) is 0 Å². The maximum absolute atomic E-state index is 12.5. The summed E-state index contributed by atoms with van der Waals surface area (Å²) in [5.41, 5.74) is 4.10. The summed E-state index contributed by atoms with van der Waals surface area (Å²) in [5, 5.41) is 11.2. The van der Waals surface area contributed by atoms with E-state index in [0.29, 0.717) is 5.56 Å². The number of carbonyl (C=O) groups is 1. The van der Waals surface area contributed by atoms with E-state index in [-0.39, 0.29) is 18.0 Å². The average molecular weight is 359 g/mol. The fraction of sp³-hybridized carbons (Fsp3) is 0.0909. The Labute approximate surface area is 155 Å². The fourth-order valence-electron chi connectivity index (χ4n) is 3.02. The first-order valence-corrected chi connectivity index (χ1v) is 9.20. The van der Waals surface area contributed by atoms with Gasteiger partial charge in [-0.1, -0.05) is 42.5 Å². The standard InChI is InChI=1S/C22H17NO2S/c1-14-6-2-3-7-16(14)19(24)12-15-10-11-17(20(25)13-15)22-23-18-8-4-5-9-21(18)26-22/h2-11,13,25H,12H2,1H3. The van der Waals surface area contributed by atoms with Gasteiger partial charge in [0.15, 0.2) is 5.78 Å². The van der Waals surface area contributed by atoms with Crippen LogP contribution in [0.2, 0.25) is 0 Å². The Morgan fingerprint density at radius 1 is 1.04 bits per heavy atom. The monoisotopic (exact) mass is 359 g/mol. The lowest BCUT2D eigenvalue weighted by Gasteiger charge is -2.07. The molecule has 0 spiro atoms. The van der Waals surface area contributed by atoms with Crippen LogP contribution < -0.4 is 0 Å². The lowest BCUT2D eigenvalue weighted by molar-refractivity contribution is 0.0992. The number of aryl methyl sites for hydroxylation is 1. The number of aromatic hydroxyl groups is 1. The van der Waals surface area contributed by atoms with Crippen LogP contribution in [0.4, 0.5) is 0 Å². The molecule has 26 heavy (non-hydrogen) atoms. The van der Waals surface area contributed by atoms with Crippen LogP contribution in [0.15, 0.2) is 66.7 Å². The Morgan fingerprint density at radius 2 is 1.81 bits per heavy atom. The van der Waals surface area contributed by atoms with E-state index in [2.05, 4.69) is 4.98 Å². The number of thiazole rings is 1. The number of phenols is 1. The molecule has 0 aliphatic carbocycles. The van der Waals surface area contributed by atoms with Gasteiger partial charge in [0.05, 0.1) is 15.8 Å². The quantitative estimate of drug-likeness (QED) is 0.496. The fourth-order valence-corrected chi connectivity index (χ4v) is 4.02. The van der Waals surface area contributed by atoms with Crippen molar-refractivity contribution < 1.29 is 9.90 Å². The van der Waals surface area contributed by atoms with Crippen molar-refractivity contribution in [3.05, 3.63) is 83.4 Å². The van der Waals surface area contributed by atoms with E-state index < -0.39 is 0 Å². The van der Waals surface area contributed by atoms with Gasteiger partial charge in [-0.25, -0.2) is 4.98 Å². The van der Waals surface area contributed by atoms with Crippen molar-refractivity contribution in [1.29, 1.82) is 0 Å². The minimum Gasteiger partial charge on any atom is -0.507 e. The molecular weight excluding hydrogens is 342 g/mol. The van der Waals surface area contributed by atoms with Crippen molar-refractivity contribution in [2.24, 2.45) is 0 Å². The number of rotatable bonds is 4. The Balaban J connectivity index is 1.62. The molecule has 4 rings (SSSR count). The molecule has 0 bridgehead atoms. The Kier molecular flexibility index (Phi) is 4.27. The van der Waals surface area contributed by atoms with Crippen LogP contribution in [-0.4, -0.2) is 15.9 Å². The van der Waals surface area contributed by atoms with Gasteiger partial charge in [-0.3, -0.25) is 4.79 Å². The van der Waals surface area contributed by atoms with E-state index in [0.717, 1.165) is 31.9 Å². The minimum absolute atomic E-state index is 0.0511. The first-order valence-electron chi connectivity index (χ1n) is 8.38. The van der Waals surface area contributed by atoms with Crippen LogP contribution in [0.25, 0.3) is 20.8 Å². The largest absolute Gasteiger partial charge is 0.507 e. The molecule has 1 aromatic heterocycles. The second-order valence-electron chi connectivity index (χ2n) is 6.25. The van der Waals surface area contributed by atoms with Crippen molar-refractivity contribution in [2.45, 2.75) is 13.3 Å². The van der Waals surface area contributed by atoms with E-state index in [1.807, 2.05) is 67.6 Å². The van der Waals surface area contributed by atoms with Gasteiger partial charge in [-0.2, -0.15) is 0 Å². The Hall–Kier alpha value is -2.98. The molecule has 3 nitrogen and oxygen atoms in total. The normalized spacial score (nSPS) is 11.0. The summed E-state index contributed by atoms with van der Waals surface area (Å²) in [6.07, 6.45) is 0.262. The van der Waals surface area contributed by atoms with Crippen molar-refractivity contribution >= 4 is 27.3 Å². The highest BCUT2D eigenvalue weighted by Crippen LogP contribution is 2.35. The summed E-state index contributed by atoms with van der Waals surface area (Å²) in [6.45, 7) is 1.93. The number of hydrogen-bond acceptors (Lipinski definition) is 4. The van der Waals surface area contributed by atoms with Gasteiger partial charge in [0.2, 0.25) is 0 Å². The third-order valence-corrected chi connectivity index (χ3v) is 5.47. The molecule has 1 heterocycles. The molecule has 0 aliphatic heterocycles. The molecule has 1 N–H and O–H groups in total. The molecule has 0 amide bonds. The van der Waals surface area contributed by atoms with Gasteiger partial charge in [0.25, 0.3) is 0 Å². The van der Waals surface area contributed by atoms with Crippen LogP contribution in [0, 0.1) is 6.92 Å². The first-order chi connectivity index (χ1) is 12.6. The highest BCUT2D eigenvalue weighted by Gasteiger charge is 2.14. The topological polar surface area (TPSA) is 50.2 Å². The first kappa shape index (κ1) is 16.5. The van der Waals surface area contributed by atoms with Crippen LogP contribution in [0.1, 0.15) is 21.5 Å². The maximum Gasteiger partial charge on any atom is 0.167 e. The summed E-state index contributed by atoms with van der Waals surface area (Å²) in [6, 6.07) is 20.9. The second kappa shape index (κ2) is 6.73. The van der Waals surface area contributed by atoms with Crippen LogP contribution >= 0.6 is 11.3 Å². The second-order valence-corrected chi connectivity index (χ2v) is 7.28. The maximum atomic E-state index is 12.5. The molecule has 0 saturated carbocycles. The Morgan fingerprint density at radius 3 is 2.58 bits per heavy atom. The number of hydrogen-bond donors (Lipinski definition) is 1. The zero-order chi connectivity index (χ0) is 18.1. The lowest BCUT2D eigenvalue weighted by atomic mass is 9.98. The molecule has 0 radical (unpaired) electrons. The zero-order valence-electron chi connectivity index (χ0n) is 14.3. The number of phenolic OH excluding ortho intramolecular Hbond substituents is 1. The number of nitrogens with zero attached hydrogens (tertiary/aromatic N) is 1. The van der Waals surface area contributed by atoms with Crippen molar-refractivity contribution in [2.75, 3.05) is 0 Å². The molecule has 3 aromatic carbocycles. The number of ketones is 1. The molecule has 0 aliphatic rings. The highest BCUT2D eigenvalue weighted by atomic mass is 32.1. The van der Waals surface area contributed by atoms with E-state index in [1.54, 1.807) is 17.4 Å². The molecule has 0 saturated heterocycles. The number of Topliss-reactive ketones (excluding diaryl/α,β-unsaturated/α-hetero) is 1. The third-order valence-electron chi connectivity index (χ3n) is 4.40. The minimum atomic E-state index is 0.0511. The number of benzene rings is 3.